The Bertz CT molecular complexity index is 449. The van der Waals surface area contributed by atoms with Crippen LogP contribution in [0.15, 0.2) is 18.2 Å². The van der Waals surface area contributed by atoms with Crippen LogP contribution in [0.25, 0.3) is 0 Å². The summed E-state index contributed by atoms with van der Waals surface area (Å²) >= 11 is 0. The number of fused-ring (bicyclic) bond motifs is 1. The van der Waals surface area contributed by atoms with Crippen LogP contribution in [-0.4, -0.2) is 12.5 Å². The first-order valence-electron chi connectivity index (χ1n) is 5.86. The van der Waals surface area contributed by atoms with Crippen molar-refractivity contribution in [1.82, 2.24) is 0 Å². The summed E-state index contributed by atoms with van der Waals surface area (Å²) in [4.78, 5) is 11.9. The molecule has 16 heavy (non-hydrogen) atoms. The summed E-state index contributed by atoms with van der Waals surface area (Å²) in [7, 11) is 0. The third kappa shape index (κ3) is 1.56. The smallest absolute Gasteiger partial charge is 0.230 e. The molecule has 0 radical (unpaired) electrons. The fraction of sp³-hybridized carbons (Fsp3) is 0.462. The van der Waals surface area contributed by atoms with Crippen LogP contribution in [0, 0.1) is 5.41 Å². The number of carbonyl (C=O) groups excluding carboxylic acids is 1. The van der Waals surface area contributed by atoms with Gasteiger partial charge >= 0.3 is 0 Å². The van der Waals surface area contributed by atoms with E-state index in [0.29, 0.717) is 0 Å². The molecule has 0 saturated heterocycles. The highest BCUT2D eigenvalue weighted by Crippen LogP contribution is 2.45. The minimum absolute atomic E-state index is 0.0999. The van der Waals surface area contributed by atoms with E-state index in [1.54, 1.807) is 0 Å². The molecule has 84 valence electrons. The van der Waals surface area contributed by atoms with Crippen molar-refractivity contribution in [2.24, 2.45) is 5.41 Å². The van der Waals surface area contributed by atoms with Crippen LogP contribution in [0.4, 0.5) is 11.4 Å². The Kier molecular flexibility index (Phi) is 1.96. The van der Waals surface area contributed by atoms with Gasteiger partial charge in [-0.1, -0.05) is 6.92 Å². The Morgan fingerprint density at radius 2 is 2.25 bits per heavy atom. The van der Waals surface area contributed by atoms with Gasteiger partial charge in [-0.3, -0.25) is 4.79 Å². The maximum Gasteiger partial charge on any atom is 0.230 e. The van der Waals surface area contributed by atoms with E-state index in [1.807, 2.05) is 19.1 Å². The number of hydrogen-bond acceptors (Lipinski definition) is 2. The zero-order valence-corrected chi connectivity index (χ0v) is 9.47. The lowest BCUT2D eigenvalue weighted by Gasteiger charge is -2.10. The summed E-state index contributed by atoms with van der Waals surface area (Å²) in [6, 6.07) is 6.10. The van der Waals surface area contributed by atoms with Crippen LogP contribution >= 0.6 is 0 Å². The summed E-state index contributed by atoms with van der Waals surface area (Å²) in [6.07, 6.45) is 3.09. The molecule has 0 spiro atoms. The van der Waals surface area contributed by atoms with Crippen LogP contribution in [0.1, 0.15) is 25.3 Å². The predicted molar refractivity (Wildman–Crippen MR) is 64.6 cm³/mol. The number of amides is 1. The Labute approximate surface area is 95.2 Å². The SMILES string of the molecule is CC1(C(=O)Nc2ccc3c(c2)CCN3)CC1. The largest absolute Gasteiger partial charge is 0.384 e. The Balaban J connectivity index is 1.78. The van der Waals surface area contributed by atoms with Gasteiger partial charge in [-0.25, -0.2) is 0 Å². The predicted octanol–water partition coefficient (Wildman–Crippen LogP) is 2.39. The molecule has 1 aromatic rings. The molecule has 1 saturated carbocycles. The van der Waals surface area contributed by atoms with Gasteiger partial charge in [0.15, 0.2) is 0 Å². The highest BCUT2D eigenvalue weighted by Gasteiger charge is 2.44. The average molecular weight is 216 g/mol. The zero-order chi connectivity index (χ0) is 11.2. The van der Waals surface area contributed by atoms with Gasteiger partial charge in [0.2, 0.25) is 5.91 Å². The third-order valence-corrected chi connectivity index (χ3v) is 3.62. The summed E-state index contributed by atoms with van der Waals surface area (Å²) in [5.74, 6) is 0.165. The molecule has 0 bridgehead atoms. The van der Waals surface area contributed by atoms with E-state index in [1.165, 1.54) is 11.3 Å². The summed E-state index contributed by atoms with van der Waals surface area (Å²) in [6.45, 7) is 3.03. The van der Waals surface area contributed by atoms with E-state index >= 15 is 0 Å². The molecule has 0 aromatic heterocycles. The van der Waals surface area contributed by atoms with Crippen LogP contribution in [0.3, 0.4) is 0 Å². The topological polar surface area (TPSA) is 41.1 Å². The molecule has 2 aliphatic rings. The van der Waals surface area contributed by atoms with E-state index in [2.05, 4.69) is 16.7 Å². The number of hydrogen-bond donors (Lipinski definition) is 2. The highest BCUT2D eigenvalue weighted by molar-refractivity contribution is 5.97. The molecule has 1 aromatic carbocycles. The van der Waals surface area contributed by atoms with E-state index < -0.39 is 0 Å². The number of benzene rings is 1. The van der Waals surface area contributed by atoms with Gasteiger partial charge < -0.3 is 10.6 Å². The van der Waals surface area contributed by atoms with Gasteiger partial charge in [0, 0.05) is 23.3 Å². The lowest BCUT2D eigenvalue weighted by Crippen LogP contribution is -2.21. The molecule has 3 nitrogen and oxygen atoms in total. The normalized spacial score (nSPS) is 19.8. The van der Waals surface area contributed by atoms with Crippen molar-refractivity contribution in [3.8, 4) is 0 Å². The fourth-order valence-corrected chi connectivity index (χ4v) is 2.08. The Morgan fingerprint density at radius 1 is 1.44 bits per heavy atom. The van der Waals surface area contributed by atoms with Gasteiger partial charge in [0.1, 0.15) is 0 Å². The molecule has 0 atom stereocenters. The van der Waals surface area contributed by atoms with Crippen LogP contribution in [0.5, 0.6) is 0 Å². The molecular weight excluding hydrogens is 200 g/mol. The number of carbonyl (C=O) groups is 1. The monoisotopic (exact) mass is 216 g/mol. The highest BCUT2D eigenvalue weighted by atomic mass is 16.2. The van der Waals surface area contributed by atoms with Gasteiger partial charge in [-0.15, -0.1) is 0 Å². The summed E-state index contributed by atoms with van der Waals surface area (Å²) in [5, 5.41) is 6.32. The average Bonchev–Trinajstić information content (AvgIpc) is 2.87. The first kappa shape index (κ1) is 9.70. The van der Waals surface area contributed by atoms with E-state index in [9.17, 15) is 4.79 Å². The summed E-state index contributed by atoms with van der Waals surface area (Å²) < 4.78 is 0. The second-order valence-corrected chi connectivity index (χ2v) is 5.06. The van der Waals surface area contributed by atoms with Crippen LogP contribution in [-0.2, 0) is 11.2 Å². The van der Waals surface area contributed by atoms with Gasteiger partial charge in [0.05, 0.1) is 0 Å². The molecule has 3 rings (SSSR count). The van der Waals surface area contributed by atoms with Gasteiger partial charge in [-0.05, 0) is 43.0 Å². The first-order valence-corrected chi connectivity index (χ1v) is 5.86. The van der Waals surface area contributed by atoms with Crippen molar-refractivity contribution < 1.29 is 4.79 Å². The second kappa shape index (κ2) is 3.24. The minimum Gasteiger partial charge on any atom is -0.384 e. The quantitative estimate of drug-likeness (QED) is 0.797. The van der Waals surface area contributed by atoms with Crippen molar-refractivity contribution in [2.45, 2.75) is 26.2 Å². The Hall–Kier alpha value is -1.51. The molecule has 1 aliphatic heterocycles. The molecule has 1 fully saturated rings. The van der Waals surface area contributed by atoms with Crippen molar-refractivity contribution in [2.75, 3.05) is 17.2 Å². The van der Waals surface area contributed by atoms with Crippen molar-refractivity contribution in [1.29, 1.82) is 0 Å². The molecule has 1 aliphatic carbocycles. The number of nitrogens with one attached hydrogen (secondary N) is 2. The zero-order valence-electron chi connectivity index (χ0n) is 9.47. The van der Waals surface area contributed by atoms with Gasteiger partial charge in [-0.2, -0.15) is 0 Å². The van der Waals surface area contributed by atoms with E-state index in [4.69, 9.17) is 0 Å². The fourth-order valence-electron chi connectivity index (χ4n) is 2.08. The van der Waals surface area contributed by atoms with E-state index in [0.717, 1.165) is 31.5 Å². The molecule has 3 heteroatoms. The maximum atomic E-state index is 11.9. The van der Waals surface area contributed by atoms with Crippen molar-refractivity contribution in [3.63, 3.8) is 0 Å². The molecule has 2 N–H and O–H groups in total. The first-order chi connectivity index (χ1) is 7.67. The number of rotatable bonds is 2. The molecule has 1 amide bonds. The lowest BCUT2D eigenvalue weighted by atomic mass is 10.1. The van der Waals surface area contributed by atoms with Crippen molar-refractivity contribution in [3.05, 3.63) is 23.8 Å². The summed E-state index contributed by atoms with van der Waals surface area (Å²) in [5.41, 5.74) is 3.34. The van der Waals surface area contributed by atoms with E-state index in [-0.39, 0.29) is 11.3 Å². The minimum atomic E-state index is -0.0999. The van der Waals surface area contributed by atoms with Crippen LogP contribution in [0.2, 0.25) is 0 Å². The molecule has 1 heterocycles. The molecular formula is C13H16N2O. The van der Waals surface area contributed by atoms with Crippen molar-refractivity contribution >= 4 is 17.3 Å². The second-order valence-electron chi connectivity index (χ2n) is 5.06. The Morgan fingerprint density at radius 3 is 3.00 bits per heavy atom. The van der Waals surface area contributed by atoms with Crippen LogP contribution < -0.4 is 10.6 Å². The molecule has 0 unspecified atom stereocenters. The third-order valence-electron chi connectivity index (χ3n) is 3.62. The lowest BCUT2D eigenvalue weighted by molar-refractivity contribution is -0.120. The maximum absolute atomic E-state index is 11.9. The standard InChI is InChI=1S/C13H16N2O/c1-13(5-6-13)12(16)15-10-2-3-11-9(8-10)4-7-14-11/h2-3,8,14H,4-7H2,1H3,(H,15,16). The van der Waals surface area contributed by atoms with Gasteiger partial charge in [0.25, 0.3) is 0 Å². The number of anilines is 2.